The van der Waals surface area contributed by atoms with Crippen LogP contribution in [0.25, 0.3) is 0 Å². The minimum absolute atomic E-state index is 0. The van der Waals surface area contributed by atoms with Gasteiger partial charge in [-0.05, 0) is 0 Å². The van der Waals surface area contributed by atoms with Gasteiger partial charge in [0.1, 0.15) is 0 Å². The van der Waals surface area contributed by atoms with Gasteiger partial charge in [0.2, 0.25) is 0 Å². The molecule has 0 saturated heterocycles. The second-order valence-corrected chi connectivity index (χ2v) is 0. The molecular formula is CoO5ReTh-4. The Morgan fingerprint density at radius 3 is 0.500 bits per heavy atom. The monoisotopic (exact) mass is 558 g/mol. The Balaban J connectivity index is 0. The summed E-state index contributed by atoms with van der Waals surface area (Å²) in [6, 6.07) is 0. The number of hydrogen-bond donors (Lipinski definition) is 0. The van der Waals surface area contributed by atoms with E-state index in [1.165, 1.54) is 0 Å². The van der Waals surface area contributed by atoms with E-state index < -0.39 is 0 Å². The van der Waals surface area contributed by atoms with Crippen LogP contribution in [-0.4, -0.2) is 0 Å². The van der Waals surface area contributed by atoms with Gasteiger partial charge in [0, 0.05) is 20.4 Å². The van der Waals surface area contributed by atoms with Crippen molar-refractivity contribution in [2.75, 3.05) is 0 Å². The van der Waals surface area contributed by atoms with Gasteiger partial charge in [-0.3, -0.25) is 0 Å². The normalized spacial score (nSPS) is 0. The Morgan fingerprint density at radius 1 is 0.500 bits per heavy atom. The first-order chi connectivity index (χ1) is 0. The molecule has 5 nitrogen and oxygen atoms in total. The molecule has 0 heterocycles. The van der Waals surface area contributed by atoms with Crippen LogP contribution in [0.5, 0.6) is 0 Å². The summed E-state index contributed by atoms with van der Waals surface area (Å²) in [7, 11) is 0. The van der Waals surface area contributed by atoms with Crippen LogP contribution in [0, 0.1) is 39.9 Å². The fourth-order valence-electron chi connectivity index (χ4n) is 0. The molecular weight excluding hydrogens is 557 g/mol. The number of hydrogen-bond acceptors (Lipinski definition) is 0. The van der Waals surface area contributed by atoms with Crippen LogP contribution in [0.4, 0.5) is 0 Å². The molecule has 8 heteroatoms. The molecule has 0 unspecified atom stereocenters. The van der Waals surface area contributed by atoms with Gasteiger partial charge in [-0.15, -0.1) is 0 Å². The van der Waals surface area contributed by atoms with Gasteiger partial charge in [-0.1, -0.05) is 0 Å². The van der Waals surface area contributed by atoms with Crippen LogP contribution >= 0.6 is 0 Å². The van der Waals surface area contributed by atoms with E-state index in [1.54, 1.807) is 0 Å². The molecule has 0 amide bonds. The molecule has 0 saturated carbocycles. The van der Waals surface area contributed by atoms with Crippen LogP contribution < -0.4 is 0 Å². The van der Waals surface area contributed by atoms with Gasteiger partial charge in [-0.2, -0.15) is 0 Å². The maximum atomic E-state index is 0. The molecule has 0 aliphatic rings. The van der Waals surface area contributed by atoms with Crippen molar-refractivity contribution in [3.05, 3.63) is 0 Å². The van der Waals surface area contributed by atoms with Crippen LogP contribution in [0.2, 0.25) is 0 Å². The van der Waals surface area contributed by atoms with Crippen LogP contribution in [0.1, 0.15) is 0 Å². The molecule has 0 N–H and O–H groups in total. The largest absolute Gasteiger partial charge is 4.00 e. The van der Waals surface area contributed by atoms with E-state index in [9.17, 15) is 0 Å². The fraction of sp³-hybridized carbons (Fsp3) is 0. The van der Waals surface area contributed by atoms with E-state index in [4.69, 9.17) is 0 Å². The molecule has 0 atom stereocenters. The molecule has 0 aromatic heterocycles. The van der Waals surface area contributed by atoms with Crippen LogP contribution in [-0.2, 0) is 64.6 Å². The predicted molar refractivity (Wildman–Crippen MR) is 3.43 cm³/mol. The Labute approximate surface area is 103 Å². The molecule has 0 fully saturated rings. The third-order valence-electron chi connectivity index (χ3n) is 0. The van der Waals surface area contributed by atoms with Gasteiger partial charge in [0.05, 0.1) is 0 Å². The van der Waals surface area contributed by atoms with Crippen LogP contribution in [0.3, 0.4) is 0 Å². The van der Waals surface area contributed by atoms with Crippen molar-refractivity contribution in [3.8, 4) is 0 Å². The molecule has 8 heavy (non-hydrogen) atoms. The summed E-state index contributed by atoms with van der Waals surface area (Å²) in [5.74, 6) is 0. The molecule has 0 aliphatic heterocycles. The first-order valence-corrected chi connectivity index (χ1v) is 0. The van der Waals surface area contributed by atoms with Gasteiger partial charge >= 0.3 is 56.7 Å². The first kappa shape index (κ1) is 169. The van der Waals surface area contributed by atoms with Crippen molar-refractivity contribution in [2.24, 2.45) is 0 Å². The van der Waals surface area contributed by atoms with Gasteiger partial charge in [0.25, 0.3) is 0 Å². The zero-order valence-corrected chi connectivity index (χ0v) is 11.1. The standard InChI is InChI=1S/Co.5O.Re.Th/q+2;5*-2;;+4. The van der Waals surface area contributed by atoms with E-state index in [1.807, 2.05) is 0 Å². The minimum Gasteiger partial charge on any atom is -2.00 e. The van der Waals surface area contributed by atoms with Crippen LogP contribution in [0.15, 0.2) is 0 Å². The van der Waals surface area contributed by atoms with E-state index >= 15 is 0 Å². The minimum atomic E-state index is 0. The van der Waals surface area contributed by atoms with E-state index in [0.29, 0.717) is 0 Å². The fourth-order valence-corrected chi connectivity index (χ4v) is 0. The Bertz CT molecular complexity index is 12.4. The van der Waals surface area contributed by atoms with Gasteiger partial charge < -0.3 is 27.4 Å². The Hall–Kier alpha value is 2.29. The van der Waals surface area contributed by atoms with Crippen molar-refractivity contribution in [3.63, 3.8) is 0 Å². The van der Waals surface area contributed by atoms with Crippen molar-refractivity contribution in [1.29, 1.82) is 0 Å². The molecule has 0 rings (SSSR count). The average molecular weight is 557 g/mol. The third kappa shape index (κ3) is 83.9. The van der Waals surface area contributed by atoms with Crippen molar-refractivity contribution < 1.29 is 105 Å². The molecule has 54 valence electrons. The van der Waals surface area contributed by atoms with E-state index in [2.05, 4.69) is 0 Å². The average Bonchev–Trinajstić information content (AvgIpc) is 0. The van der Waals surface area contributed by atoms with E-state index in [0.717, 1.165) is 0 Å². The van der Waals surface area contributed by atoms with Crippen molar-refractivity contribution in [1.82, 2.24) is 0 Å². The second-order valence-electron chi connectivity index (χ2n) is 0. The SMILES string of the molecule is [Co+2].[O-2].[O-2].[O-2].[O-2].[O-2].[Re].[Th+4]. The first-order valence-electron chi connectivity index (χ1n) is 0. The summed E-state index contributed by atoms with van der Waals surface area (Å²) >= 11 is 0. The summed E-state index contributed by atoms with van der Waals surface area (Å²) in [5.41, 5.74) is 0. The van der Waals surface area contributed by atoms with Crippen molar-refractivity contribution >= 4 is 0 Å². The zero-order valence-electron chi connectivity index (χ0n) is 3.25. The summed E-state index contributed by atoms with van der Waals surface area (Å²) in [4.78, 5) is 0. The van der Waals surface area contributed by atoms with Crippen molar-refractivity contribution in [2.45, 2.75) is 0 Å². The molecule has 0 bridgehead atoms. The van der Waals surface area contributed by atoms with Gasteiger partial charge in [0.15, 0.2) is 0 Å². The Kier molecular flexibility index (Phi) is 2570. The molecule has 0 aliphatic carbocycles. The summed E-state index contributed by atoms with van der Waals surface area (Å²) in [6.07, 6.45) is 0. The molecule has 0 spiro atoms. The summed E-state index contributed by atoms with van der Waals surface area (Å²) in [6.45, 7) is 0. The second kappa shape index (κ2) is 122. The molecule has 0 aromatic rings. The summed E-state index contributed by atoms with van der Waals surface area (Å²) in [5, 5.41) is 0. The smallest absolute Gasteiger partial charge is 2.00 e. The zero-order chi connectivity index (χ0) is 0. The van der Waals surface area contributed by atoms with Gasteiger partial charge in [-0.25, -0.2) is 0 Å². The predicted octanol–water partition coefficient (Wildman–Crippen LogP) is -0.599. The summed E-state index contributed by atoms with van der Waals surface area (Å²) < 4.78 is 0. The molecule has 2 radical (unpaired) electrons. The topological polar surface area (TPSA) is 142 Å². The third-order valence-corrected chi connectivity index (χ3v) is 0. The maximum absolute atomic E-state index is 0. The quantitative estimate of drug-likeness (QED) is 0.375. The van der Waals surface area contributed by atoms with E-state index in [-0.39, 0.29) is 105 Å². The maximum Gasteiger partial charge on any atom is 4.00 e. The number of rotatable bonds is 0. The molecule has 0 aromatic carbocycles. The Morgan fingerprint density at radius 2 is 0.500 bits per heavy atom.